The molecule has 5 nitrogen and oxygen atoms in total. The molecule has 0 aromatic heterocycles. The third kappa shape index (κ3) is 2.81. The first-order valence-electron chi connectivity index (χ1n) is 9.37. The molecule has 0 bridgehead atoms. The molecule has 142 valence electrons. The van der Waals surface area contributed by atoms with Crippen LogP contribution in [0.4, 0.5) is 0 Å². The van der Waals surface area contributed by atoms with E-state index in [1.807, 2.05) is 19.1 Å². The molecule has 27 heavy (non-hydrogen) atoms. The number of benzene rings is 2. The van der Waals surface area contributed by atoms with Gasteiger partial charge in [-0.15, -0.1) is 0 Å². The Hall–Kier alpha value is -2.10. The van der Waals surface area contributed by atoms with Gasteiger partial charge in [-0.3, -0.25) is 9.32 Å². The summed E-state index contributed by atoms with van der Waals surface area (Å²) in [7, 11) is -2.00. The quantitative estimate of drug-likeness (QED) is 0.551. The summed E-state index contributed by atoms with van der Waals surface area (Å²) in [5, 5.41) is 0.513. The second-order valence-corrected chi connectivity index (χ2v) is 8.69. The Morgan fingerprint density at radius 2 is 1.96 bits per heavy atom. The van der Waals surface area contributed by atoms with Crippen molar-refractivity contribution in [2.45, 2.75) is 39.5 Å². The zero-order valence-electron chi connectivity index (χ0n) is 15.8. The molecule has 0 amide bonds. The highest BCUT2D eigenvalue weighted by molar-refractivity contribution is 7.63. The predicted octanol–water partition coefficient (Wildman–Crippen LogP) is 4.69. The molecule has 2 aromatic rings. The van der Waals surface area contributed by atoms with Crippen molar-refractivity contribution in [2.24, 2.45) is 0 Å². The molecule has 1 aliphatic heterocycles. The van der Waals surface area contributed by atoms with Crippen LogP contribution in [0.25, 0.3) is 11.1 Å². The molecule has 0 saturated heterocycles. The zero-order valence-corrected chi connectivity index (χ0v) is 16.7. The fourth-order valence-corrected chi connectivity index (χ4v) is 5.94. The molecule has 0 spiro atoms. The SMILES string of the molecule is CCOP1(=O)Oc2cc(OC)ccc2-c2c1cc(C(=O)CC)c1c2CCC1. The van der Waals surface area contributed by atoms with E-state index in [9.17, 15) is 9.36 Å². The lowest BCUT2D eigenvalue weighted by molar-refractivity contribution is 0.0987. The summed E-state index contributed by atoms with van der Waals surface area (Å²) < 4.78 is 30.5. The van der Waals surface area contributed by atoms with Crippen molar-refractivity contribution in [2.75, 3.05) is 13.7 Å². The largest absolute Gasteiger partial charge is 0.497 e. The summed E-state index contributed by atoms with van der Waals surface area (Å²) in [4.78, 5) is 12.6. The van der Waals surface area contributed by atoms with Gasteiger partial charge in [-0.2, -0.15) is 0 Å². The Balaban J connectivity index is 2.05. The zero-order chi connectivity index (χ0) is 19.2. The van der Waals surface area contributed by atoms with E-state index >= 15 is 0 Å². The number of fused-ring (bicyclic) bond motifs is 5. The van der Waals surface area contributed by atoms with Gasteiger partial charge in [0.1, 0.15) is 11.5 Å². The van der Waals surface area contributed by atoms with Crippen LogP contribution in [0, 0.1) is 0 Å². The highest BCUT2D eigenvalue weighted by Crippen LogP contribution is 2.57. The number of hydrogen-bond donors (Lipinski definition) is 0. The van der Waals surface area contributed by atoms with Crippen molar-refractivity contribution in [3.05, 3.63) is 41.0 Å². The first-order valence-corrected chi connectivity index (χ1v) is 10.9. The van der Waals surface area contributed by atoms with Gasteiger partial charge in [0.05, 0.1) is 19.0 Å². The molecular weight excluding hydrogens is 363 g/mol. The average molecular weight is 386 g/mol. The van der Waals surface area contributed by atoms with E-state index < -0.39 is 7.60 Å². The van der Waals surface area contributed by atoms with Crippen LogP contribution in [0.3, 0.4) is 0 Å². The van der Waals surface area contributed by atoms with Crippen LogP contribution in [0.1, 0.15) is 48.2 Å². The number of carbonyl (C=O) groups is 1. The van der Waals surface area contributed by atoms with Crippen LogP contribution in [0.5, 0.6) is 11.5 Å². The van der Waals surface area contributed by atoms with Gasteiger partial charge >= 0.3 is 7.60 Å². The minimum atomic E-state index is -3.58. The molecule has 0 N–H and O–H groups in total. The molecule has 0 saturated carbocycles. The van der Waals surface area contributed by atoms with Crippen molar-refractivity contribution in [1.82, 2.24) is 0 Å². The Morgan fingerprint density at radius 1 is 1.19 bits per heavy atom. The topological polar surface area (TPSA) is 61.8 Å². The van der Waals surface area contributed by atoms with E-state index in [2.05, 4.69) is 0 Å². The van der Waals surface area contributed by atoms with Gasteiger partial charge < -0.3 is 9.26 Å². The van der Waals surface area contributed by atoms with Crippen molar-refractivity contribution in [3.8, 4) is 22.6 Å². The van der Waals surface area contributed by atoms with Crippen molar-refractivity contribution in [3.63, 3.8) is 0 Å². The fraction of sp³-hybridized carbons (Fsp3) is 0.381. The van der Waals surface area contributed by atoms with Gasteiger partial charge in [0.2, 0.25) is 0 Å². The summed E-state index contributed by atoms with van der Waals surface area (Å²) in [6.07, 6.45) is 3.13. The van der Waals surface area contributed by atoms with Gasteiger partial charge in [0, 0.05) is 29.2 Å². The number of ketones is 1. The van der Waals surface area contributed by atoms with Gasteiger partial charge in [-0.05, 0) is 55.5 Å². The fourth-order valence-electron chi connectivity index (χ4n) is 4.08. The molecular formula is C21H23O5P. The van der Waals surface area contributed by atoms with Crippen molar-refractivity contribution >= 4 is 18.7 Å². The number of hydrogen-bond acceptors (Lipinski definition) is 5. The summed E-state index contributed by atoms with van der Waals surface area (Å²) >= 11 is 0. The van der Waals surface area contributed by atoms with Gasteiger partial charge in [-0.1, -0.05) is 6.92 Å². The summed E-state index contributed by atoms with van der Waals surface area (Å²) in [5.74, 6) is 1.21. The first kappa shape index (κ1) is 18.3. The standard InChI is InChI=1S/C21H23O5P/c1-4-18(22)17-12-20-21(15-8-6-7-14(15)17)16-10-9-13(24-3)11-19(16)26-27(20,23)25-5-2/h9-12H,4-8H2,1-3H3. The lowest BCUT2D eigenvalue weighted by atomic mass is 9.91. The van der Waals surface area contributed by atoms with E-state index in [1.54, 1.807) is 26.2 Å². The Labute approximate surface area is 159 Å². The molecule has 1 aliphatic carbocycles. The highest BCUT2D eigenvalue weighted by Gasteiger charge is 2.41. The van der Waals surface area contributed by atoms with Gasteiger partial charge in [0.15, 0.2) is 5.78 Å². The minimum absolute atomic E-state index is 0.0690. The Bertz CT molecular complexity index is 979. The maximum absolute atomic E-state index is 13.7. The summed E-state index contributed by atoms with van der Waals surface area (Å²) in [6.45, 7) is 3.89. The molecule has 0 radical (unpaired) electrons. The molecule has 2 aliphatic rings. The third-order valence-corrected chi connectivity index (χ3v) is 7.25. The van der Waals surface area contributed by atoms with Crippen LogP contribution in [0.2, 0.25) is 0 Å². The van der Waals surface area contributed by atoms with Gasteiger partial charge in [0.25, 0.3) is 0 Å². The van der Waals surface area contributed by atoms with Crippen molar-refractivity contribution in [1.29, 1.82) is 0 Å². The first-order chi connectivity index (χ1) is 13.0. The maximum Gasteiger partial charge on any atom is 0.411 e. The van der Waals surface area contributed by atoms with Crippen LogP contribution in [0.15, 0.2) is 24.3 Å². The van der Waals surface area contributed by atoms with E-state index in [-0.39, 0.29) is 12.4 Å². The van der Waals surface area contributed by atoms with Crippen LogP contribution >= 0.6 is 7.60 Å². The number of rotatable bonds is 5. The van der Waals surface area contributed by atoms with Gasteiger partial charge in [-0.25, -0.2) is 4.57 Å². The number of methoxy groups -OCH3 is 1. The predicted molar refractivity (Wildman–Crippen MR) is 105 cm³/mol. The van der Waals surface area contributed by atoms with E-state index in [1.165, 1.54) is 0 Å². The average Bonchev–Trinajstić information content (AvgIpc) is 3.16. The second kappa shape index (κ2) is 6.81. The summed E-state index contributed by atoms with van der Waals surface area (Å²) in [6, 6.07) is 7.31. The maximum atomic E-state index is 13.7. The number of ether oxygens (including phenoxy) is 1. The monoisotopic (exact) mass is 386 g/mol. The molecule has 1 atom stereocenters. The van der Waals surface area contributed by atoms with Crippen LogP contribution in [-0.4, -0.2) is 19.5 Å². The molecule has 1 heterocycles. The van der Waals surface area contributed by atoms with E-state index in [4.69, 9.17) is 13.8 Å². The number of carbonyl (C=O) groups excluding carboxylic acids is 1. The summed E-state index contributed by atoms with van der Waals surface area (Å²) in [5.41, 5.74) is 4.66. The van der Waals surface area contributed by atoms with Crippen LogP contribution in [-0.2, 0) is 21.9 Å². The molecule has 4 rings (SSSR count). The van der Waals surface area contributed by atoms with E-state index in [0.29, 0.717) is 28.8 Å². The lowest BCUT2D eigenvalue weighted by Gasteiger charge is -2.30. The van der Waals surface area contributed by atoms with E-state index in [0.717, 1.165) is 41.5 Å². The Kier molecular flexibility index (Phi) is 4.61. The smallest absolute Gasteiger partial charge is 0.411 e. The van der Waals surface area contributed by atoms with Crippen LogP contribution < -0.4 is 14.6 Å². The third-order valence-electron chi connectivity index (χ3n) is 5.27. The minimum Gasteiger partial charge on any atom is -0.497 e. The highest BCUT2D eigenvalue weighted by atomic mass is 31.2. The second-order valence-electron chi connectivity index (χ2n) is 6.77. The molecule has 6 heteroatoms. The molecule has 2 aromatic carbocycles. The Morgan fingerprint density at radius 3 is 2.67 bits per heavy atom. The normalized spacial score (nSPS) is 19.7. The molecule has 1 unspecified atom stereocenters. The van der Waals surface area contributed by atoms with Crippen molar-refractivity contribution < 1.29 is 23.1 Å². The lowest BCUT2D eigenvalue weighted by Crippen LogP contribution is -2.23. The number of Topliss-reactive ketones (excluding diaryl/α,β-unsaturated/α-hetero) is 1. The molecule has 0 fully saturated rings.